The summed E-state index contributed by atoms with van der Waals surface area (Å²) in [6.45, 7) is 5.91. The predicted octanol–water partition coefficient (Wildman–Crippen LogP) is 3.35. The zero-order valence-electron chi connectivity index (χ0n) is 15.0. The molecule has 1 N–H and O–H groups in total. The molecule has 0 aliphatic carbocycles. The van der Waals surface area contributed by atoms with E-state index >= 15 is 0 Å². The van der Waals surface area contributed by atoms with Gasteiger partial charge in [-0.15, -0.1) is 0 Å². The first kappa shape index (κ1) is 18.5. The first-order valence-electron chi connectivity index (χ1n) is 8.08. The van der Waals surface area contributed by atoms with E-state index in [1.54, 1.807) is 24.3 Å². The fraction of sp³-hybridized carbons (Fsp3) is 0.300. The quantitative estimate of drug-likeness (QED) is 0.819. The molecule has 132 valence electrons. The Morgan fingerprint density at radius 2 is 1.84 bits per heavy atom. The summed E-state index contributed by atoms with van der Waals surface area (Å²) >= 11 is 0. The van der Waals surface area contributed by atoms with Gasteiger partial charge in [-0.05, 0) is 55.7 Å². The number of hydrogen-bond acceptors (Lipinski definition) is 4. The number of carbonyl (C=O) groups excluding carboxylic acids is 2. The van der Waals surface area contributed by atoms with Gasteiger partial charge in [-0.2, -0.15) is 0 Å². The topological polar surface area (TPSA) is 64.6 Å². The van der Waals surface area contributed by atoms with Gasteiger partial charge in [0, 0.05) is 0 Å². The molecule has 5 heteroatoms. The van der Waals surface area contributed by atoms with Gasteiger partial charge in [-0.3, -0.25) is 4.79 Å². The minimum absolute atomic E-state index is 0.114. The zero-order chi connectivity index (χ0) is 18.4. The molecule has 2 aromatic carbocycles. The van der Waals surface area contributed by atoms with Gasteiger partial charge in [0.15, 0.2) is 6.61 Å². The van der Waals surface area contributed by atoms with Crippen LogP contribution in [0.3, 0.4) is 0 Å². The van der Waals surface area contributed by atoms with Crippen molar-refractivity contribution in [3.8, 4) is 5.75 Å². The maximum absolute atomic E-state index is 12.1. The Morgan fingerprint density at radius 3 is 2.52 bits per heavy atom. The number of aryl methyl sites for hydroxylation is 2. The minimum atomic E-state index is -0.446. The number of nitrogens with one attached hydrogen (secondary N) is 1. The highest BCUT2D eigenvalue weighted by Gasteiger charge is 2.12. The maximum Gasteiger partial charge on any atom is 0.337 e. The number of hydrogen-bond donors (Lipinski definition) is 1. The molecule has 0 aliphatic heterocycles. The fourth-order valence-electron chi connectivity index (χ4n) is 2.38. The normalized spacial score (nSPS) is 11.5. The summed E-state index contributed by atoms with van der Waals surface area (Å²) in [4.78, 5) is 23.6. The lowest BCUT2D eigenvalue weighted by molar-refractivity contribution is -0.123. The summed E-state index contributed by atoms with van der Waals surface area (Å²) in [5.41, 5.74) is 3.83. The molecule has 0 bridgehead atoms. The van der Waals surface area contributed by atoms with Crippen LogP contribution in [0.5, 0.6) is 5.75 Å². The number of ether oxygens (including phenoxy) is 2. The number of amides is 1. The molecule has 0 aliphatic rings. The van der Waals surface area contributed by atoms with Gasteiger partial charge in [0.1, 0.15) is 5.75 Å². The second kappa shape index (κ2) is 8.33. The van der Waals surface area contributed by atoms with Crippen LogP contribution in [0.4, 0.5) is 0 Å². The van der Waals surface area contributed by atoms with E-state index in [-0.39, 0.29) is 18.6 Å². The standard InChI is InChI=1S/C20H23NO4/c1-13-8-9-16(10-14(13)2)15(3)21-19(22)12-25-18-7-5-6-17(11-18)20(23)24-4/h5-11,15H,12H2,1-4H3,(H,21,22). The van der Waals surface area contributed by atoms with Crippen molar-refractivity contribution in [2.24, 2.45) is 0 Å². The number of methoxy groups -OCH3 is 1. The van der Waals surface area contributed by atoms with Gasteiger partial charge in [0.2, 0.25) is 0 Å². The van der Waals surface area contributed by atoms with E-state index in [1.165, 1.54) is 18.2 Å². The highest BCUT2D eigenvalue weighted by Crippen LogP contribution is 2.17. The number of benzene rings is 2. The fourth-order valence-corrected chi connectivity index (χ4v) is 2.38. The SMILES string of the molecule is COC(=O)c1cccc(OCC(=O)NC(C)c2ccc(C)c(C)c2)c1. The molecule has 1 unspecified atom stereocenters. The summed E-state index contributed by atoms with van der Waals surface area (Å²) in [6, 6.07) is 12.5. The van der Waals surface area contributed by atoms with Crippen LogP contribution in [0, 0.1) is 13.8 Å². The summed E-state index contributed by atoms with van der Waals surface area (Å²) in [5, 5.41) is 2.91. The number of rotatable bonds is 6. The van der Waals surface area contributed by atoms with Crippen LogP contribution in [-0.4, -0.2) is 25.6 Å². The van der Waals surface area contributed by atoms with Crippen LogP contribution in [0.1, 0.15) is 40.0 Å². The Kier molecular flexibility index (Phi) is 6.17. The molecular weight excluding hydrogens is 318 g/mol. The second-order valence-electron chi connectivity index (χ2n) is 5.94. The van der Waals surface area contributed by atoms with Crippen molar-refractivity contribution in [1.29, 1.82) is 0 Å². The molecule has 2 rings (SSSR count). The highest BCUT2D eigenvalue weighted by atomic mass is 16.5. The Balaban J connectivity index is 1.92. The summed E-state index contributed by atoms with van der Waals surface area (Å²) in [7, 11) is 1.32. The molecule has 25 heavy (non-hydrogen) atoms. The second-order valence-corrected chi connectivity index (χ2v) is 5.94. The van der Waals surface area contributed by atoms with Gasteiger partial charge in [-0.1, -0.05) is 24.3 Å². The summed E-state index contributed by atoms with van der Waals surface area (Å²) in [6.07, 6.45) is 0. The number of esters is 1. The molecule has 0 spiro atoms. The van der Waals surface area contributed by atoms with Crippen LogP contribution < -0.4 is 10.1 Å². The van der Waals surface area contributed by atoms with E-state index in [9.17, 15) is 9.59 Å². The third kappa shape index (κ3) is 5.08. The third-order valence-electron chi connectivity index (χ3n) is 4.03. The Morgan fingerprint density at radius 1 is 1.08 bits per heavy atom. The molecule has 0 aromatic heterocycles. The molecular formula is C20H23NO4. The lowest BCUT2D eigenvalue weighted by atomic mass is 10.0. The van der Waals surface area contributed by atoms with Crippen molar-refractivity contribution in [2.45, 2.75) is 26.8 Å². The van der Waals surface area contributed by atoms with Crippen molar-refractivity contribution < 1.29 is 19.1 Å². The van der Waals surface area contributed by atoms with Gasteiger partial charge in [-0.25, -0.2) is 4.79 Å². The van der Waals surface area contributed by atoms with Crippen LogP contribution >= 0.6 is 0 Å². The van der Waals surface area contributed by atoms with E-state index < -0.39 is 5.97 Å². The largest absolute Gasteiger partial charge is 0.484 e. The predicted molar refractivity (Wildman–Crippen MR) is 95.8 cm³/mol. The minimum Gasteiger partial charge on any atom is -0.484 e. The van der Waals surface area contributed by atoms with Crippen molar-refractivity contribution in [3.63, 3.8) is 0 Å². The Hall–Kier alpha value is -2.82. The van der Waals surface area contributed by atoms with Crippen LogP contribution in [0.25, 0.3) is 0 Å². The van der Waals surface area contributed by atoms with Gasteiger partial charge in [0.05, 0.1) is 18.7 Å². The monoisotopic (exact) mass is 341 g/mol. The summed E-state index contributed by atoms with van der Waals surface area (Å²) in [5.74, 6) is -0.232. The molecule has 0 saturated carbocycles. The van der Waals surface area contributed by atoms with Crippen LogP contribution in [0.2, 0.25) is 0 Å². The molecule has 2 aromatic rings. The summed E-state index contributed by atoms with van der Waals surface area (Å²) < 4.78 is 10.1. The Bertz CT molecular complexity index is 770. The van der Waals surface area contributed by atoms with E-state index in [1.807, 2.05) is 26.0 Å². The lowest BCUT2D eigenvalue weighted by Gasteiger charge is -2.16. The smallest absolute Gasteiger partial charge is 0.337 e. The van der Waals surface area contributed by atoms with Crippen molar-refractivity contribution in [2.75, 3.05) is 13.7 Å². The lowest BCUT2D eigenvalue weighted by Crippen LogP contribution is -2.31. The third-order valence-corrected chi connectivity index (χ3v) is 4.03. The maximum atomic E-state index is 12.1. The van der Waals surface area contributed by atoms with E-state index in [2.05, 4.69) is 23.0 Å². The molecule has 1 atom stereocenters. The van der Waals surface area contributed by atoms with Gasteiger partial charge >= 0.3 is 5.97 Å². The zero-order valence-corrected chi connectivity index (χ0v) is 15.0. The molecule has 5 nitrogen and oxygen atoms in total. The van der Waals surface area contributed by atoms with E-state index in [0.29, 0.717) is 11.3 Å². The van der Waals surface area contributed by atoms with Crippen LogP contribution in [-0.2, 0) is 9.53 Å². The average Bonchev–Trinajstić information content (AvgIpc) is 2.61. The highest BCUT2D eigenvalue weighted by molar-refractivity contribution is 5.89. The number of carbonyl (C=O) groups is 2. The van der Waals surface area contributed by atoms with Crippen molar-refractivity contribution in [1.82, 2.24) is 5.32 Å². The van der Waals surface area contributed by atoms with Gasteiger partial charge in [0.25, 0.3) is 5.91 Å². The first-order chi connectivity index (χ1) is 11.9. The van der Waals surface area contributed by atoms with Crippen molar-refractivity contribution in [3.05, 3.63) is 64.7 Å². The average molecular weight is 341 g/mol. The molecule has 1 amide bonds. The molecule has 0 radical (unpaired) electrons. The van der Waals surface area contributed by atoms with Crippen molar-refractivity contribution >= 4 is 11.9 Å². The molecule has 0 fully saturated rings. The Labute approximate surface area is 148 Å². The van der Waals surface area contributed by atoms with E-state index in [4.69, 9.17) is 4.74 Å². The van der Waals surface area contributed by atoms with Gasteiger partial charge < -0.3 is 14.8 Å². The molecule has 0 saturated heterocycles. The first-order valence-corrected chi connectivity index (χ1v) is 8.08. The van der Waals surface area contributed by atoms with E-state index in [0.717, 1.165) is 5.56 Å². The molecule has 0 heterocycles. The van der Waals surface area contributed by atoms with Crippen LogP contribution in [0.15, 0.2) is 42.5 Å².